The molecular weight excluding hydrogens is 476 g/mol. The highest BCUT2D eigenvalue weighted by atomic mass is 35.5. The predicted molar refractivity (Wildman–Crippen MR) is 132 cm³/mol. The van der Waals surface area contributed by atoms with Crippen LogP contribution in [0.15, 0.2) is 42.5 Å². The molecule has 0 spiro atoms. The van der Waals surface area contributed by atoms with Gasteiger partial charge in [-0.05, 0) is 35.7 Å². The van der Waals surface area contributed by atoms with Crippen molar-refractivity contribution >= 4 is 58.8 Å². The van der Waals surface area contributed by atoms with Crippen molar-refractivity contribution in [1.82, 2.24) is 15.5 Å². The van der Waals surface area contributed by atoms with E-state index in [0.29, 0.717) is 16.7 Å². The first-order chi connectivity index (χ1) is 16.3. The Hall–Kier alpha value is -3.14. The normalized spacial score (nSPS) is 20.3. The van der Waals surface area contributed by atoms with Gasteiger partial charge >= 0.3 is 5.92 Å². The van der Waals surface area contributed by atoms with Crippen molar-refractivity contribution in [1.29, 1.82) is 0 Å². The monoisotopic (exact) mass is 497 g/mol. The molecule has 4 rings (SSSR count). The fourth-order valence-electron chi connectivity index (χ4n) is 4.66. The lowest BCUT2D eigenvalue weighted by molar-refractivity contribution is -0.147. The minimum absolute atomic E-state index is 0.128. The Bertz CT molecular complexity index is 1240. The van der Waals surface area contributed by atoms with Crippen molar-refractivity contribution in [3.05, 3.63) is 69.7 Å². The number of fused-ring (bicyclic) bond motifs is 1. The summed E-state index contributed by atoms with van der Waals surface area (Å²) in [5.41, 5.74) is 1.03. The third kappa shape index (κ3) is 4.35. The molecule has 2 aliphatic rings. The molecular formula is C22H21B3ClF2N3O4. The number of imide groups is 1. The van der Waals surface area contributed by atoms with Gasteiger partial charge in [-0.25, -0.2) is 0 Å². The summed E-state index contributed by atoms with van der Waals surface area (Å²) in [6.45, 7) is 0. The van der Waals surface area contributed by atoms with Crippen molar-refractivity contribution in [2.24, 2.45) is 0 Å². The second kappa shape index (κ2) is 8.82. The predicted octanol–water partition coefficient (Wildman–Crippen LogP) is -0.483. The lowest BCUT2D eigenvalue weighted by Crippen LogP contribution is -2.59. The lowest BCUT2D eigenvalue weighted by atomic mass is 9.57. The summed E-state index contributed by atoms with van der Waals surface area (Å²) in [6, 6.07) is 8.81. The van der Waals surface area contributed by atoms with Gasteiger partial charge in [-0.15, -0.1) is 0 Å². The number of alkyl halides is 2. The number of carbonyl (C=O) groups is 4. The second-order valence-corrected chi connectivity index (χ2v) is 9.72. The summed E-state index contributed by atoms with van der Waals surface area (Å²) in [7, 11) is 5.13. The van der Waals surface area contributed by atoms with Crippen LogP contribution in [-0.2, 0) is 25.6 Å². The smallest absolute Gasteiger partial charge is 0.349 e. The van der Waals surface area contributed by atoms with Gasteiger partial charge in [0.25, 0.3) is 11.8 Å². The van der Waals surface area contributed by atoms with Gasteiger partial charge in [0, 0.05) is 33.8 Å². The van der Waals surface area contributed by atoms with Gasteiger partial charge in [0.2, 0.25) is 11.8 Å². The zero-order valence-corrected chi connectivity index (χ0v) is 20.1. The number of amides is 4. The molecule has 1 fully saturated rings. The van der Waals surface area contributed by atoms with Crippen molar-refractivity contribution in [3.63, 3.8) is 0 Å². The summed E-state index contributed by atoms with van der Waals surface area (Å²) in [6.07, 6.45) is 0.343. The van der Waals surface area contributed by atoms with Crippen LogP contribution in [0.2, 0.25) is 5.02 Å². The van der Waals surface area contributed by atoms with Crippen LogP contribution in [0.4, 0.5) is 8.78 Å². The molecule has 2 heterocycles. The third-order valence-electron chi connectivity index (χ3n) is 6.62. The van der Waals surface area contributed by atoms with Crippen LogP contribution < -0.4 is 10.6 Å². The maximum absolute atomic E-state index is 14.7. The average Bonchev–Trinajstić information content (AvgIpc) is 2.99. The maximum Gasteiger partial charge on any atom is 0.349 e. The van der Waals surface area contributed by atoms with Crippen LogP contribution in [0.5, 0.6) is 0 Å². The molecule has 35 heavy (non-hydrogen) atoms. The van der Waals surface area contributed by atoms with Gasteiger partial charge < -0.3 is 10.2 Å². The van der Waals surface area contributed by atoms with Gasteiger partial charge in [-0.1, -0.05) is 35.9 Å². The molecule has 0 radical (unpaired) electrons. The first-order valence-corrected chi connectivity index (χ1v) is 11.5. The molecule has 2 unspecified atom stereocenters. The Morgan fingerprint density at radius 2 is 1.83 bits per heavy atom. The fourth-order valence-corrected chi connectivity index (χ4v) is 4.78. The average molecular weight is 497 g/mol. The van der Waals surface area contributed by atoms with Gasteiger partial charge in [0.1, 0.15) is 29.6 Å². The van der Waals surface area contributed by atoms with Crippen molar-refractivity contribution < 1.29 is 28.0 Å². The maximum atomic E-state index is 14.7. The van der Waals surface area contributed by atoms with E-state index < -0.39 is 40.6 Å². The van der Waals surface area contributed by atoms with E-state index in [0.717, 1.165) is 12.1 Å². The molecule has 2 aliphatic heterocycles. The number of rotatable bonds is 5. The zero-order valence-electron chi connectivity index (χ0n) is 19.3. The number of nitrogens with zero attached hydrogens (tertiary/aromatic N) is 1. The summed E-state index contributed by atoms with van der Waals surface area (Å²) in [5, 5.41) is 4.00. The molecule has 2 N–H and O–H groups in total. The third-order valence-corrected chi connectivity index (χ3v) is 6.87. The molecule has 2 aromatic carbocycles. The summed E-state index contributed by atoms with van der Waals surface area (Å²) < 4.78 is 29.4. The minimum atomic E-state index is -3.77. The van der Waals surface area contributed by atoms with E-state index in [2.05, 4.69) is 10.6 Å². The van der Waals surface area contributed by atoms with Gasteiger partial charge in [-0.2, -0.15) is 8.78 Å². The Balaban J connectivity index is 1.57. The summed E-state index contributed by atoms with van der Waals surface area (Å²) in [5.74, 6) is -7.28. The largest absolute Gasteiger partial charge is 0.352 e. The number of hydrogen-bond donors (Lipinski definition) is 2. The van der Waals surface area contributed by atoms with Crippen molar-refractivity contribution in [2.75, 3.05) is 0 Å². The number of carbonyl (C=O) groups excluding carboxylic acids is 4. The van der Waals surface area contributed by atoms with E-state index >= 15 is 0 Å². The molecule has 0 aromatic heterocycles. The van der Waals surface area contributed by atoms with Crippen molar-refractivity contribution in [2.45, 2.75) is 36.1 Å². The van der Waals surface area contributed by atoms with Crippen molar-refractivity contribution in [3.8, 4) is 0 Å². The number of piperidine rings is 1. The van der Waals surface area contributed by atoms with Crippen LogP contribution >= 0.6 is 11.6 Å². The highest BCUT2D eigenvalue weighted by Gasteiger charge is 2.49. The lowest BCUT2D eigenvalue weighted by Gasteiger charge is -2.40. The van der Waals surface area contributed by atoms with Crippen LogP contribution in [-0.4, -0.2) is 58.1 Å². The molecule has 2 atom stereocenters. The standard InChI is InChI=1S/C22H21B3ClF2N3O4/c23-17(30-20(35)21(27,28)11-2-4-12(26)5-3-11)10-1-6-13-14(9-10)22(24,25)31(19(13)34)15-7-8-16(32)29-18(15)33/h1-6,9,15,17H,7-8,23-25H2,(H,30,35)(H,29,32,33). The first-order valence-electron chi connectivity index (χ1n) is 11.1. The number of halogens is 3. The zero-order chi connectivity index (χ0) is 25.7. The molecule has 4 amide bonds. The number of benzene rings is 2. The Morgan fingerprint density at radius 1 is 1.17 bits per heavy atom. The molecule has 7 nitrogen and oxygen atoms in total. The molecule has 2 aromatic rings. The Morgan fingerprint density at radius 3 is 2.46 bits per heavy atom. The van der Waals surface area contributed by atoms with Gasteiger partial charge in [0.05, 0.1) is 0 Å². The van der Waals surface area contributed by atoms with E-state index in [1.807, 2.05) is 0 Å². The van der Waals surface area contributed by atoms with Gasteiger partial charge in [-0.3, -0.25) is 24.5 Å². The van der Waals surface area contributed by atoms with Crippen LogP contribution in [0.25, 0.3) is 0 Å². The van der Waals surface area contributed by atoms with E-state index in [4.69, 9.17) is 11.6 Å². The quantitative estimate of drug-likeness (QED) is 0.431. The molecule has 13 heteroatoms. The van der Waals surface area contributed by atoms with E-state index in [-0.39, 0.29) is 29.7 Å². The topological polar surface area (TPSA) is 95.6 Å². The Labute approximate surface area is 208 Å². The number of hydrogen-bond acceptors (Lipinski definition) is 4. The second-order valence-electron chi connectivity index (χ2n) is 9.28. The molecule has 0 saturated carbocycles. The number of nitrogens with one attached hydrogen (secondary N) is 2. The molecule has 0 bridgehead atoms. The Kier molecular flexibility index (Phi) is 6.29. The molecule has 1 saturated heterocycles. The highest BCUT2D eigenvalue weighted by Crippen LogP contribution is 2.39. The molecule has 178 valence electrons. The van der Waals surface area contributed by atoms with E-state index in [9.17, 15) is 28.0 Å². The van der Waals surface area contributed by atoms with Gasteiger partial charge in [0.15, 0.2) is 0 Å². The summed E-state index contributed by atoms with van der Waals surface area (Å²) in [4.78, 5) is 51.1. The van der Waals surface area contributed by atoms with Crippen LogP contribution in [0, 0.1) is 0 Å². The minimum Gasteiger partial charge on any atom is -0.352 e. The van der Waals surface area contributed by atoms with Crippen LogP contribution in [0.1, 0.15) is 45.8 Å². The first kappa shape index (κ1) is 25.0. The fraction of sp³-hybridized carbons (Fsp3) is 0.273. The van der Waals surface area contributed by atoms with E-state index in [1.54, 1.807) is 41.7 Å². The molecule has 0 aliphatic carbocycles. The highest BCUT2D eigenvalue weighted by molar-refractivity contribution is 6.43. The van der Waals surface area contributed by atoms with Crippen LogP contribution in [0.3, 0.4) is 0 Å². The summed E-state index contributed by atoms with van der Waals surface area (Å²) >= 11 is 5.75. The van der Waals surface area contributed by atoms with E-state index in [1.165, 1.54) is 17.0 Å². The SMILES string of the molecule is BC(NC(=O)C(F)(F)c1ccc(Cl)cc1)c1ccc2c(c1)C(B)(B)N(C1CCC(=O)NC1=O)C2=O.